The second-order valence-corrected chi connectivity index (χ2v) is 4.84. The number of hydrogen-bond donors (Lipinski definition) is 3. The van der Waals surface area contributed by atoms with E-state index in [-0.39, 0.29) is 43.1 Å². The smallest absolute Gasteiger partial charge is 0.329 e. The number of phenols is 1. The van der Waals surface area contributed by atoms with Crippen molar-refractivity contribution in [1.82, 2.24) is 5.32 Å². The van der Waals surface area contributed by atoms with Crippen molar-refractivity contribution < 1.29 is 29.3 Å². The molecule has 1 heterocycles. The number of rotatable bonds is 4. The fraction of sp³-hybridized carbons (Fsp3) is 0.429. The van der Waals surface area contributed by atoms with E-state index in [1.807, 2.05) is 0 Å². The first kappa shape index (κ1) is 15.1. The van der Waals surface area contributed by atoms with Crippen LogP contribution in [0.5, 0.6) is 11.5 Å². The van der Waals surface area contributed by atoms with Gasteiger partial charge in [0.05, 0.1) is 7.11 Å². The van der Waals surface area contributed by atoms with Gasteiger partial charge >= 0.3 is 5.97 Å². The number of amides is 1. The highest BCUT2D eigenvalue weighted by atomic mass is 16.5. The Hall–Kier alpha value is -2.28. The number of carboxylic acid groups (broad SMARTS) is 1. The largest absolute Gasteiger partial charge is 0.504 e. The Morgan fingerprint density at radius 3 is 2.52 bits per heavy atom. The molecule has 0 radical (unpaired) electrons. The summed E-state index contributed by atoms with van der Waals surface area (Å²) in [5.74, 6) is -1.58. The Kier molecular flexibility index (Phi) is 4.32. The highest BCUT2D eigenvalue weighted by Gasteiger charge is 2.41. The molecule has 2 rings (SSSR count). The van der Waals surface area contributed by atoms with Crippen LogP contribution in [0.1, 0.15) is 23.2 Å². The molecule has 7 heteroatoms. The topological polar surface area (TPSA) is 105 Å². The van der Waals surface area contributed by atoms with Gasteiger partial charge in [0.15, 0.2) is 11.5 Å². The lowest BCUT2D eigenvalue weighted by molar-refractivity contribution is -0.148. The molecule has 114 valence electrons. The third-order valence-electron chi connectivity index (χ3n) is 3.55. The number of hydrogen-bond acceptors (Lipinski definition) is 5. The van der Waals surface area contributed by atoms with Crippen LogP contribution in [-0.4, -0.2) is 48.0 Å². The quantitative estimate of drug-likeness (QED) is 0.757. The van der Waals surface area contributed by atoms with Crippen LogP contribution in [0.15, 0.2) is 18.2 Å². The van der Waals surface area contributed by atoms with Gasteiger partial charge in [-0.05, 0) is 18.2 Å². The number of methoxy groups -OCH3 is 1. The summed E-state index contributed by atoms with van der Waals surface area (Å²) in [7, 11) is 1.40. The second-order valence-electron chi connectivity index (χ2n) is 4.84. The lowest BCUT2D eigenvalue weighted by atomic mass is 9.89. The number of carboxylic acids is 1. The van der Waals surface area contributed by atoms with Gasteiger partial charge in [0.25, 0.3) is 5.91 Å². The van der Waals surface area contributed by atoms with Gasteiger partial charge in [0.1, 0.15) is 5.54 Å². The lowest BCUT2D eigenvalue weighted by Gasteiger charge is -2.33. The van der Waals surface area contributed by atoms with Crippen molar-refractivity contribution in [1.29, 1.82) is 0 Å². The standard InChI is InChI=1S/C14H17NO6/c1-20-11-3-2-9(8-10(11)16)12(17)15-14(13(18)19)4-6-21-7-5-14/h2-3,8,16H,4-7H2,1H3,(H,15,17)(H,18,19). The maximum absolute atomic E-state index is 12.2. The summed E-state index contributed by atoms with van der Waals surface area (Å²) in [6, 6.07) is 4.15. The molecule has 0 spiro atoms. The number of aromatic hydroxyl groups is 1. The fourth-order valence-corrected chi connectivity index (χ4v) is 2.23. The summed E-state index contributed by atoms with van der Waals surface area (Å²) in [6.07, 6.45) is 0.409. The molecule has 7 nitrogen and oxygen atoms in total. The van der Waals surface area contributed by atoms with E-state index in [0.29, 0.717) is 0 Å². The van der Waals surface area contributed by atoms with Crippen molar-refractivity contribution in [3.63, 3.8) is 0 Å². The predicted molar refractivity (Wildman–Crippen MR) is 72.5 cm³/mol. The van der Waals surface area contributed by atoms with E-state index in [0.717, 1.165) is 0 Å². The Bertz CT molecular complexity index is 550. The first-order valence-corrected chi connectivity index (χ1v) is 6.49. The van der Waals surface area contributed by atoms with Crippen LogP contribution < -0.4 is 10.1 Å². The molecule has 0 unspecified atom stereocenters. The molecule has 21 heavy (non-hydrogen) atoms. The maximum atomic E-state index is 12.2. The minimum absolute atomic E-state index is 0.167. The first-order valence-electron chi connectivity index (χ1n) is 6.49. The van der Waals surface area contributed by atoms with Crippen LogP contribution in [0.4, 0.5) is 0 Å². The molecule has 1 amide bonds. The number of benzene rings is 1. The molecule has 1 aliphatic heterocycles. The van der Waals surface area contributed by atoms with Crippen LogP contribution >= 0.6 is 0 Å². The molecule has 1 aliphatic rings. The first-order chi connectivity index (χ1) is 9.98. The zero-order valence-corrected chi connectivity index (χ0v) is 11.6. The van der Waals surface area contributed by atoms with E-state index in [2.05, 4.69) is 5.32 Å². The zero-order valence-electron chi connectivity index (χ0n) is 11.6. The summed E-state index contributed by atoms with van der Waals surface area (Å²) in [4.78, 5) is 23.7. The molecule has 1 aromatic carbocycles. The molecular weight excluding hydrogens is 278 g/mol. The van der Waals surface area contributed by atoms with Crippen LogP contribution in [-0.2, 0) is 9.53 Å². The van der Waals surface area contributed by atoms with Gasteiger partial charge in [-0.15, -0.1) is 0 Å². The van der Waals surface area contributed by atoms with E-state index in [1.54, 1.807) is 0 Å². The van der Waals surface area contributed by atoms with Crippen molar-refractivity contribution >= 4 is 11.9 Å². The van der Waals surface area contributed by atoms with Crippen LogP contribution in [0, 0.1) is 0 Å². The van der Waals surface area contributed by atoms with Gasteiger partial charge in [-0.1, -0.05) is 0 Å². The van der Waals surface area contributed by atoms with Crippen molar-refractivity contribution in [2.45, 2.75) is 18.4 Å². The van der Waals surface area contributed by atoms with Crippen molar-refractivity contribution in [2.75, 3.05) is 20.3 Å². The average Bonchev–Trinajstić information content (AvgIpc) is 2.47. The summed E-state index contributed by atoms with van der Waals surface area (Å²) in [5.41, 5.74) is -1.16. The van der Waals surface area contributed by atoms with Crippen LogP contribution in [0.3, 0.4) is 0 Å². The Labute approximate surface area is 121 Å². The van der Waals surface area contributed by atoms with Crippen LogP contribution in [0.2, 0.25) is 0 Å². The number of carbonyl (C=O) groups excluding carboxylic acids is 1. The number of ether oxygens (including phenoxy) is 2. The monoisotopic (exact) mass is 295 g/mol. The predicted octanol–water partition coefficient (Wildman–Crippen LogP) is 0.764. The normalized spacial score (nSPS) is 17.0. The summed E-state index contributed by atoms with van der Waals surface area (Å²) >= 11 is 0. The highest BCUT2D eigenvalue weighted by molar-refractivity contribution is 5.98. The van der Waals surface area contributed by atoms with Crippen molar-refractivity contribution in [2.24, 2.45) is 0 Å². The maximum Gasteiger partial charge on any atom is 0.329 e. The van der Waals surface area contributed by atoms with E-state index >= 15 is 0 Å². The molecular formula is C14H17NO6. The Morgan fingerprint density at radius 2 is 2.00 bits per heavy atom. The molecule has 3 N–H and O–H groups in total. The number of carbonyl (C=O) groups is 2. The molecule has 0 atom stereocenters. The average molecular weight is 295 g/mol. The summed E-state index contributed by atoms with van der Waals surface area (Å²) in [6.45, 7) is 0.556. The molecule has 1 saturated heterocycles. The van der Waals surface area contributed by atoms with Gasteiger partial charge in [0.2, 0.25) is 0 Å². The Balaban J connectivity index is 2.19. The second kappa shape index (κ2) is 6.01. The van der Waals surface area contributed by atoms with Gasteiger partial charge in [0, 0.05) is 31.6 Å². The SMILES string of the molecule is COc1ccc(C(=O)NC2(C(=O)O)CCOCC2)cc1O. The van der Waals surface area contributed by atoms with Crippen molar-refractivity contribution in [3.05, 3.63) is 23.8 Å². The minimum Gasteiger partial charge on any atom is -0.504 e. The van der Waals surface area contributed by atoms with E-state index in [1.165, 1.54) is 25.3 Å². The third-order valence-corrected chi connectivity index (χ3v) is 3.55. The van der Waals surface area contributed by atoms with E-state index in [9.17, 15) is 19.8 Å². The van der Waals surface area contributed by atoms with Crippen molar-refractivity contribution in [3.8, 4) is 11.5 Å². The number of phenolic OH excluding ortho intramolecular Hbond substituents is 1. The van der Waals surface area contributed by atoms with Crippen LogP contribution in [0.25, 0.3) is 0 Å². The number of nitrogens with one attached hydrogen (secondary N) is 1. The van der Waals surface area contributed by atoms with Gasteiger partial charge in [-0.3, -0.25) is 4.79 Å². The van der Waals surface area contributed by atoms with E-state index < -0.39 is 17.4 Å². The molecule has 0 bridgehead atoms. The molecule has 1 fully saturated rings. The summed E-state index contributed by atoms with van der Waals surface area (Å²) in [5, 5.41) is 21.6. The van der Waals surface area contributed by atoms with Gasteiger partial charge in [-0.2, -0.15) is 0 Å². The highest BCUT2D eigenvalue weighted by Crippen LogP contribution is 2.27. The zero-order chi connectivity index (χ0) is 15.5. The minimum atomic E-state index is -1.33. The molecule has 0 aliphatic carbocycles. The third kappa shape index (κ3) is 3.08. The number of aliphatic carboxylic acids is 1. The summed E-state index contributed by atoms with van der Waals surface area (Å²) < 4.78 is 10.0. The van der Waals surface area contributed by atoms with E-state index in [4.69, 9.17) is 9.47 Å². The fourth-order valence-electron chi connectivity index (χ4n) is 2.23. The van der Waals surface area contributed by atoms with Gasteiger partial charge in [-0.25, -0.2) is 4.79 Å². The lowest BCUT2D eigenvalue weighted by Crippen LogP contribution is -2.57. The molecule has 1 aromatic rings. The Morgan fingerprint density at radius 1 is 1.33 bits per heavy atom. The van der Waals surface area contributed by atoms with Gasteiger partial charge < -0.3 is 25.0 Å². The molecule has 0 aromatic heterocycles. The molecule has 0 saturated carbocycles.